The molecule has 0 aliphatic carbocycles. The fourth-order valence-corrected chi connectivity index (χ4v) is 3.10. The van der Waals surface area contributed by atoms with Crippen molar-refractivity contribution in [2.75, 3.05) is 19.7 Å². The maximum atomic E-state index is 12.0. The van der Waals surface area contributed by atoms with E-state index in [9.17, 15) is 4.79 Å². The van der Waals surface area contributed by atoms with Gasteiger partial charge in [0.2, 0.25) is 0 Å². The number of hydrogen-bond donors (Lipinski definition) is 0. The van der Waals surface area contributed by atoms with Gasteiger partial charge in [0.25, 0.3) is 0 Å². The molecule has 6 heteroatoms. The summed E-state index contributed by atoms with van der Waals surface area (Å²) in [6.07, 6.45) is 3.07. The molecule has 3 rings (SSSR count). The van der Waals surface area contributed by atoms with Gasteiger partial charge in [-0.05, 0) is 18.1 Å². The molecule has 0 spiro atoms. The minimum absolute atomic E-state index is 0.0396. The number of pyridine rings is 1. The van der Waals surface area contributed by atoms with Crippen LogP contribution in [0.5, 0.6) is 5.75 Å². The van der Waals surface area contributed by atoms with Crippen molar-refractivity contribution in [2.45, 2.75) is 32.8 Å². The molecule has 0 saturated carbocycles. The molecule has 1 aromatic heterocycles. The van der Waals surface area contributed by atoms with Crippen molar-refractivity contribution >= 4 is 28.6 Å². The highest BCUT2D eigenvalue weighted by atomic mass is 35.5. The number of halogens is 1. The van der Waals surface area contributed by atoms with Crippen LogP contribution in [0.15, 0.2) is 30.5 Å². The van der Waals surface area contributed by atoms with E-state index >= 15 is 0 Å². The summed E-state index contributed by atoms with van der Waals surface area (Å²) < 4.78 is 11.4. The van der Waals surface area contributed by atoms with E-state index in [0.29, 0.717) is 36.4 Å². The lowest BCUT2D eigenvalue weighted by Crippen LogP contribution is -2.42. The average Bonchev–Trinajstić information content (AvgIpc) is 2.60. The zero-order valence-electron chi connectivity index (χ0n) is 14.6. The van der Waals surface area contributed by atoms with Gasteiger partial charge in [-0.3, -0.25) is 4.98 Å². The van der Waals surface area contributed by atoms with Crippen LogP contribution in [0.4, 0.5) is 4.79 Å². The van der Waals surface area contributed by atoms with Crippen LogP contribution >= 0.6 is 11.6 Å². The van der Waals surface area contributed by atoms with Crippen LogP contribution < -0.4 is 4.74 Å². The number of ether oxygens (including phenoxy) is 2. The minimum atomic E-state index is -0.234. The number of benzene rings is 1. The van der Waals surface area contributed by atoms with Gasteiger partial charge in [0.1, 0.15) is 17.4 Å². The fraction of sp³-hybridized carbons (Fsp3) is 0.474. The first-order valence-corrected chi connectivity index (χ1v) is 9.03. The van der Waals surface area contributed by atoms with Gasteiger partial charge in [0.15, 0.2) is 0 Å². The van der Waals surface area contributed by atoms with Gasteiger partial charge in [0.05, 0.1) is 6.61 Å². The number of rotatable bonds is 4. The fourth-order valence-electron chi connectivity index (χ4n) is 2.88. The normalized spacial score (nSPS) is 15.6. The highest BCUT2D eigenvalue weighted by Gasteiger charge is 2.25. The van der Waals surface area contributed by atoms with Crippen LogP contribution in [-0.4, -0.2) is 41.8 Å². The summed E-state index contributed by atoms with van der Waals surface area (Å²) in [6.45, 7) is 5.77. The minimum Gasteiger partial charge on any atom is -0.488 e. The first-order valence-electron chi connectivity index (χ1n) is 8.65. The molecular weight excluding hydrogens is 340 g/mol. The molecule has 25 heavy (non-hydrogen) atoms. The summed E-state index contributed by atoms with van der Waals surface area (Å²) >= 11 is 6.19. The zero-order chi connectivity index (χ0) is 17.8. The van der Waals surface area contributed by atoms with Gasteiger partial charge in [-0.1, -0.05) is 31.5 Å². The molecule has 0 unspecified atom stereocenters. The quantitative estimate of drug-likeness (QED) is 0.802. The summed E-state index contributed by atoms with van der Waals surface area (Å²) in [5.41, 5.74) is 0.811. The van der Waals surface area contributed by atoms with Crippen LogP contribution in [0, 0.1) is 5.92 Å². The second kappa shape index (κ2) is 7.91. The molecule has 0 radical (unpaired) electrons. The summed E-state index contributed by atoms with van der Waals surface area (Å²) in [5.74, 6) is 1.04. The van der Waals surface area contributed by atoms with Crippen LogP contribution in [0.25, 0.3) is 10.9 Å². The van der Waals surface area contributed by atoms with Crippen molar-refractivity contribution in [1.29, 1.82) is 0 Å². The van der Waals surface area contributed by atoms with Crippen LogP contribution in [0.3, 0.4) is 0 Å². The number of likely N-dealkylation sites (tertiary alicyclic amines) is 1. The van der Waals surface area contributed by atoms with E-state index in [-0.39, 0.29) is 12.2 Å². The monoisotopic (exact) mass is 362 g/mol. The van der Waals surface area contributed by atoms with Gasteiger partial charge in [0, 0.05) is 48.6 Å². The van der Waals surface area contributed by atoms with E-state index in [1.807, 2.05) is 32.0 Å². The van der Waals surface area contributed by atoms with E-state index in [1.165, 1.54) is 0 Å². The number of piperidine rings is 1. The van der Waals surface area contributed by atoms with E-state index in [4.69, 9.17) is 21.1 Å². The van der Waals surface area contributed by atoms with Gasteiger partial charge in [-0.25, -0.2) is 4.79 Å². The molecule has 0 N–H and O–H groups in total. The van der Waals surface area contributed by atoms with Gasteiger partial charge in [-0.15, -0.1) is 0 Å². The molecule has 1 aromatic carbocycles. The standard InChI is InChI=1S/C19H23ClN2O3/c1-13(2)12-24-19(23)22-8-5-16(6-9-22)25-17-11-15(20)10-14-4-3-7-21-18(14)17/h3-4,7,10-11,13,16H,5-6,8-9,12H2,1-2H3. The molecule has 2 heterocycles. The number of fused-ring (bicyclic) bond motifs is 1. The molecule has 2 aromatic rings. The van der Waals surface area contributed by atoms with Crippen molar-refractivity contribution in [3.63, 3.8) is 0 Å². The Balaban J connectivity index is 1.60. The van der Waals surface area contributed by atoms with E-state index in [1.54, 1.807) is 17.2 Å². The Morgan fingerprint density at radius 2 is 2.12 bits per heavy atom. The smallest absolute Gasteiger partial charge is 0.409 e. The highest BCUT2D eigenvalue weighted by molar-refractivity contribution is 6.31. The Morgan fingerprint density at radius 3 is 2.84 bits per heavy atom. The SMILES string of the molecule is CC(C)COC(=O)N1CCC(Oc2cc(Cl)cc3cccnc23)CC1. The summed E-state index contributed by atoms with van der Waals surface area (Å²) in [7, 11) is 0. The number of amides is 1. The summed E-state index contributed by atoms with van der Waals surface area (Å²) in [6, 6.07) is 7.53. The van der Waals surface area contributed by atoms with Crippen molar-refractivity contribution in [3.8, 4) is 5.75 Å². The predicted octanol–water partition coefficient (Wildman–Crippen LogP) is 4.52. The maximum Gasteiger partial charge on any atom is 0.409 e. The molecule has 1 aliphatic heterocycles. The lowest BCUT2D eigenvalue weighted by atomic mass is 10.1. The molecule has 1 fully saturated rings. The Labute approximate surface area is 152 Å². The van der Waals surface area contributed by atoms with Gasteiger partial charge in [-0.2, -0.15) is 0 Å². The lowest BCUT2D eigenvalue weighted by molar-refractivity contribution is 0.0622. The first-order chi connectivity index (χ1) is 12.0. The average molecular weight is 363 g/mol. The van der Waals surface area contributed by atoms with E-state index in [0.717, 1.165) is 23.7 Å². The predicted molar refractivity (Wildman–Crippen MR) is 98.2 cm³/mol. The van der Waals surface area contributed by atoms with Crippen LogP contribution in [-0.2, 0) is 4.74 Å². The molecule has 1 amide bonds. The van der Waals surface area contributed by atoms with Gasteiger partial charge < -0.3 is 14.4 Å². The first kappa shape index (κ1) is 17.8. The van der Waals surface area contributed by atoms with Crippen molar-refractivity contribution in [2.24, 2.45) is 5.92 Å². The maximum absolute atomic E-state index is 12.0. The molecule has 0 bridgehead atoms. The largest absolute Gasteiger partial charge is 0.488 e. The van der Waals surface area contributed by atoms with Crippen LogP contribution in [0.1, 0.15) is 26.7 Å². The number of aromatic nitrogens is 1. The molecule has 134 valence electrons. The molecule has 0 atom stereocenters. The zero-order valence-corrected chi connectivity index (χ0v) is 15.3. The second-order valence-electron chi connectivity index (χ2n) is 6.75. The van der Waals surface area contributed by atoms with E-state index < -0.39 is 0 Å². The number of carbonyl (C=O) groups is 1. The Morgan fingerprint density at radius 1 is 1.36 bits per heavy atom. The second-order valence-corrected chi connectivity index (χ2v) is 7.19. The summed E-state index contributed by atoms with van der Waals surface area (Å²) in [5, 5.41) is 1.59. The van der Waals surface area contributed by atoms with Crippen molar-refractivity contribution in [1.82, 2.24) is 9.88 Å². The van der Waals surface area contributed by atoms with Crippen molar-refractivity contribution < 1.29 is 14.3 Å². The third-order valence-electron chi connectivity index (χ3n) is 4.17. The molecular formula is C19H23ClN2O3. The lowest BCUT2D eigenvalue weighted by Gasteiger charge is -2.31. The topological polar surface area (TPSA) is 51.7 Å². The molecule has 1 aliphatic rings. The van der Waals surface area contributed by atoms with Crippen molar-refractivity contribution in [3.05, 3.63) is 35.5 Å². The number of hydrogen-bond acceptors (Lipinski definition) is 4. The summed E-state index contributed by atoms with van der Waals surface area (Å²) in [4.78, 5) is 18.2. The third-order valence-corrected chi connectivity index (χ3v) is 4.39. The third kappa shape index (κ3) is 4.54. The molecule has 5 nitrogen and oxygen atoms in total. The Kier molecular flexibility index (Phi) is 5.63. The van der Waals surface area contributed by atoms with E-state index in [2.05, 4.69) is 4.98 Å². The highest BCUT2D eigenvalue weighted by Crippen LogP contribution is 2.30. The Hall–Kier alpha value is -2.01. The number of nitrogens with zero attached hydrogens (tertiary/aromatic N) is 2. The number of carbonyl (C=O) groups excluding carboxylic acids is 1. The Bertz CT molecular complexity index is 743. The molecule has 1 saturated heterocycles. The van der Waals surface area contributed by atoms with Gasteiger partial charge >= 0.3 is 6.09 Å². The van der Waals surface area contributed by atoms with Crippen LogP contribution in [0.2, 0.25) is 5.02 Å².